The molecule has 0 spiro atoms. The summed E-state index contributed by atoms with van der Waals surface area (Å²) in [5.41, 5.74) is 1.98. The number of rotatable bonds is 4. The Labute approximate surface area is 135 Å². The van der Waals surface area contributed by atoms with Gasteiger partial charge >= 0.3 is 0 Å². The second-order valence-corrected chi connectivity index (χ2v) is 6.14. The third-order valence-electron chi connectivity index (χ3n) is 2.79. The molecule has 106 valence electrons. The van der Waals surface area contributed by atoms with Crippen molar-refractivity contribution in [2.24, 2.45) is 0 Å². The van der Waals surface area contributed by atoms with Crippen molar-refractivity contribution >= 4 is 49.2 Å². The maximum Gasteiger partial charge on any atom is 0.139 e. The van der Waals surface area contributed by atoms with Crippen molar-refractivity contribution in [3.63, 3.8) is 0 Å². The molecule has 0 bridgehead atoms. The molecular formula is C14H16Br2N4. The smallest absolute Gasteiger partial charge is 0.139 e. The number of aryl methyl sites for hydroxylation is 1. The molecule has 2 N–H and O–H groups in total. The van der Waals surface area contributed by atoms with Crippen LogP contribution in [0.3, 0.4) is 0 Å². The molecule has 6 heteroatoms. The van der Waals surface area contributed by atoms with Gasteiger partial charge in [-0.1, -0.05) is 15.9 Å². The second-order valence-electron chi connectivity index (χ2n) is 4.37. The van der Waals surface area contributed by atoms with Crippen molar-refractivity contribution in [3.8, 4) is 0 Å². The van der Waals surface area contributed by atoms with Crippen LogP contribution in [0.15, 0.2) is 27.1 Å². The van der Waals surface area contributed by atoms with E-state index >= 15 is 0 Å². The fourth-order valence-electron chi connectivity index (χ4n) is 1.81. The van der Waals surface area contributed by atoms with Crippen molar-refractivity contribution in [1.29, 1.82) is 0 Å². The van der Waals surface area contributed by atoms with Crippen LogP contribution in [0.25, 0.3) is 0 Å². The highest BCUT2D eigenvalue weighted by Gasteiger charge is 2.10. The molecule has 1 aromatic heterocycles. The molecular weight excluding hydrogens is 384 g/mol. The summed E-state index contributed by atoms with van der Waals surface area (Å²) in [5, 5.41) is 6.60. The first-order chi connectivity index (χ1) is 9.51. The Morgan fingerprint density at radius 1 is 1.10 bits per heavy atom. The number of halogens is 2. The topological polar surface area (TPSA) is 49.8 Å². The maximum absolute atomic E-state index is 4.48. The molecule has 0 saturated heterocycles. The lowest BCUT2D eigenvalue weighted by molar-refractivity contribution is 1.02. The van der Waals surface area contributed by atoms with Crippen LogP contribution in [0.5, 0.6) is 0 Å². The molecule has 20 heavy (non-hydrogen) atoms. The second kappa shape index (κ2) is 6.54. The van der Waals surface area contributed by atoms with Gasteiger partial charge in [0.1, 0.15) is 17.5 Å². The summed E-state index contributed by atoms with van der Waals surface area (Å²) >= 11 is 6.99. The standard InChI is InChI=1S/C14H16Br2N4/c1-4-17-13-8(2)14(19-9(3)18-13)20-12-6-5-10(15)7-11(12)16/h5-7H,4H2,1-3H3,(H2,17,18,19,20). The molecule has 0 saturated carbocycles. The molecule has 0 fully saturated rings. The van der Waals surface area contributed by atoms with E-state index < -0.39 is 0 Å². The molecule has 4 nitrogen and oxygen atoms in total. The summed E-state index contributed by atoms with van der Waals surface area (Å²) in [5.74, 6) is 2.43. The minimum Gasteiger partial charge on any atom is -0.370 e. The van der Waals surface area contributed by atoms with Gasteiger partial charge in [0.05, 0.1) is 5.69 Å². The van der Waals surface area contributed by atoms with Crippen molar-refractivity contribution in [1.82, 2.24) is 9.97 Å². The van der Waals surface area contributed by atoms with Gasteiger partial charge < -0.3 is 10.6 Å². The van der Waals surface area contributed by atoms with Crippen LogP contribution in [-0.2, 0) is 0 Å². The van der Waals surface area contributed by atoms with Gasteiger partial charge in [0.2, 0.25) is 0 Å². The Balaban J connectivity index is 2.37. The molecule has 2 aromatic rings. The Morgan fingerprint density at radius 2 is 1.80 bits per heavy atom. The van der Waals surface area contributed by atoms with E-state index in [1.165, 1.54) is 0 Å². The lowest BCUT2D eigenvalue weighted by Gasteiger charge is -2.14. The van der Waals surface area contributed by atoms with Crippen molar-refractivity contribution < 1.29 is 0 Å². The first kappa shape index (κ1) is 15.3. The number of benzene rings is 1. The largest absolute Gasteiger partial charge is 0.370 e. The Hall–Kier alpha value is -1.14. The van der Waals surface area contributed by atoms with E-state index in [2.05, 4.69) is 59.4 Å². The molecule has 0 unspecified atom stereocenters. The third kappa shape index (κ3) is 3.49. The molecule has 0 radical (unpaired) electrons. The van der Waals surface area contributed by atoms with E-state index in [1.54, 1.807) is 0 Å². The van der Waals surface area contributed by atoms with Crippen LogP contribution >= 0.6 is 31.9 Å². The van der Waals surface area contributed by atoms with E-state index in [0.717, 1.165) is 44.2 Å². The van der Waals surface area contributed by atoms with E-state index in [9.17, 15) is 0 Å². The quantitative estimate of drug-likeness (QED) is 0.775. The lowest BCUT2D eigenvalue weighted by atomic mass is 10.2. The fourth-order valence-corrected chi connectivity index (χ4v) is 2.95. The van der Waals surface area contributed by atoms with Gasteiger partial charge in [0.15, 0.2) is 0 Å². The monoisotopic (exact) mass is 398 g/mol. The normalized spacial score (nSPS) is 10.4. The number of hydrogen-bond acceptors (Lipinski definition) is 4. The number of hydrogen-bond donors (Lipinski definition) is 2. The van der Waals surface area contributed by atoms with Crippen LogP contribution in [0.2, 0.25) is 0 Å². The highest BCUT2D eigenvalue weighted by atomic mass is 79.9. The molecule has 2 rings (SSSR count). The summed E-state index contributed by atoms with van der Waals surface area (Å²) in [6.07, 6.45) is 0. The van der Waals surface area contributed by atoms with Crippen LogP contribution in [-0.4, -0.2) is 16.5 Å². The van der Waals surface area contributed by atoms with Gasteiger partial charge in [-0.05, 0) is 54.9 Å². The van der Waals surface area contributed by atoms with Crippen LogP contribution < -0.4 is 10.6 Å². The summed E-state index contributed by atoms with van der Waals surface area (Å²) in [4.78, 5) is 8.90. The minimum atomic E-state index is 0.738. The van der Waals surface area contributed by atoms with Gasteiger partial charge in [-0.3, -0.25) is 0 Å². The van der Waals surface area contributed by atoms with Gasteiger partial charge in [-0.2, -0.15) is 0 Å². The van der Waals surface area contributed by atoms with E-state index in [0.29, 0.717) is 0 Å². The van der Waals surface area contributed by atoms with Gasteiger partial charge in [0, 0.05) is 21.1 Å². The zero-order valence-electron chi connectivity index (χ0n) is 11.6. The zero-order chi connectivity index (χ0) is 14.7. The van der Waals surface area contributed by atoms with Gasteiger partial charge in [-0.15, -0.1) is 0 Å². The van der Waals surface area contributed by atoms with Crippen LogP contribution in [0.1, 0.15) is 18.3 Å². The highest BCUT2D eigenvalue weighted by molar-refractivity contribution is 9.11. The SMILES string of the molecule is CCNc1nc(C)nc(Nc2ccc(Br)cc2Br)c1C. The molecule has 0 aliphatic heterocycles. The lowest BCUT2D eigenvalue weighted by Crippen LogP contribution is -2.07. The molecule has 0 aliphatic rings. The van der Waals surface area contributed by atoms with E-state index in [4.69, 9.17) is 0 Å². The van der Waals surface area contributed by atoms with Crippen molar-refractivity contribution in [2.75, 3.05) is 17.2 Å². The van der Waals surface area contributed by atoms with Crippen molar-refractivity contribution in [3.05, 3.63) is 38.5 Å². The van der Waals surface area contributed by atoms with E-state index in [1.807, 2.05) is 32.0 Å². The maximum atomic E-state index is 4.48. The predicted octanol–water partition coefficient (Wildman–Crippen LogP) is 4.79. The zero-order valence-corrected chi connectivity index (χ0v) is 14.8. The average molecular weight is 400 g/mol. The molecule has 0 aliphatic carbocycles. The Kier molecular flexibility index (Phi) is 4.99. The Bertz CT molecular complexity index is 629. The minimum absolute atomic E-state index is 0.738. The molecule has 0 atom stereocenters. The molecule has 1 heterocycles. The van der Waals surface area contributed by atoms with Gasteiger partial charge in [0.25, 0.3) is 0 Å². The predicted molar refractivity (Wildman–Crippen MR) is 90.8 cm³/mol. The number of anilines is 3. The van der Waals surface area contributed by atoms with Gasteiger partial charge in [-0.25, -0.2) is 9.97 Å². The van der Waals surface area contributed by atoms with Crippen LogP contribution in [0, 0.1) is 13.8 Å². The van der Waals surface area contributed by atoms with Crippen LogP contribution in [0.4, 0.5) is 17.3 Å². The summed E-state index contributed by atoms with van der Waals surface area (Å²) < 4.78 is 2.01. The summed E-state index contributed by atoms with van der Waals surface area (Å²) in [6, 6.07) is 5.98. The third-order valence-corrected chi connectivity index (χ3v) is 3.94. The number of aromatic nitrogens is 2. The summed E-state index contributed by atoms with van der Waals surface area (Å²) in [6.45, 7) is 6.78. The van der Waals surface area contributed by atoms with Crippen molar-refractivity contribution in [2.45, 2.75) is 20.8 Å². The highest BCUT2D eigenvalue weighted by Crippen LogP contribution is 2.30. The molecule has 1 aromatic carbocycles. The first-order valence-electron chi connectivity index (χ1n) is 6.32. The average Bonchev–Trinajstić information content (AvgIpc) is 2.38. The fraction of sp³-hybridized carbons (Fsp3) is 0.286. The summed E-state index contributed by atoms with van der Waals surface area (Å²) in [7, 11) is 0. The number of nitrogens with zero attached hydrogens (tertiary/aromatic N) is 2. The molecule has 0 amide bonds. The number of nitrogens with one attached hydrogen (secondary N) is 2. The van der Waals surface area contributed by atoms with E-state index in [-0.39, 0.29) is 0 Å². The first-order valence-corrected chi connectivity index (χ1v) is 7.91. The Morgan fingerprint density at radius 3 is 2.45 bits per heavy atom.